The topological polar surface area (TPSA) is 50.7 Å². The SMILES string of the molecule is CCCSc1ccc(C=NN=C(N)SCc2ccccc2)cc1. The van der Waals surface area contributed by atoms with Crippen LogP contribution in [0.4, 0.5) is 0 Å². The fourth-order valence-corrected chi connectivity index (χ4v) is 3.16. The summed E-state index contributed by atoms with van der Waals surface area (Å²) in [5, 5.41) is 8.56. The number of amidine groups is 1. The molecule has 0 heterocycles. The van der Waals surface area contributed by atoms with Crippen molar-refractivity contribution in [3.05, 3.63) is 65.7 Å². The normalized spacial score (nSPS) is 12.0. The first-order valence-electron chi connectivity index (χ1n) is 7.54. The van der Waals surface area contributed by atoms with Crippen molar-refractivity contribution in [1.82, 2.24) is 0 Å². The molecule has 0 saturated heterocycles. The van der Waals surface area contributed by atoms with Crippen LogP contribution in [0.2, 0.25) is 0 Å². The number of benzene rings is 2. The van der Waals surface area contributed by atoms with Gasteiger partial charge in [0.15, 0.2) is 5.17 Å². The van der Waals surface area contributed by atoms with Gasteiger partial charge in [-0.15, -0.1) is 16.9 Å². The minimum atomic E-state index is 0.472. The van der Waals surface area contributed by atoms with Crippen LogP contribution in [0.3, 0.4) is 0 Å². The molecule has 0 atom stereocenters. The van der Waals surface area contributed by atoms with Crippen molar-refractivity contribution in [2.75, 3.05) is 5.75 Å². The van der Waals surface area contributed by atoms with Crippen molar-refractivity contribution in [2.24, 2.45) is 15.9 Å². The molecule has 2 N–H and O–H groups in total. The third-order valence-electron chi connectivity index (χ3n) is 2.95. The van der Waals surface area contributed by atoms with E-state index in [9.17, 15) is 0 Å². The molecule has 0 aromatic heterocycles. The molecule has 23 heavy (non-hydrogen) atoms. The lowest BCUT2D eigenvalue weighted by molar-refractivity contribution is 1.10. The molecule has 0 aliphatic rings. The van der Waals surface area contributed by atoms with E-state index in [-0.39, 0.29) is 0 Å². The molecule has 5 heteroatoms. The van der Waals surface area contributed by atoms with Gasteiger partial charge in [-0.1, -0.05) is 61.2 Å². The highest BCUT2D eigenvalue weighted by molar-refractivity contribution is 8.13. The minimum Gasteiger partial charge on any atom is -0.377 e. The largest absolute Gasteiger partial charge is 0.377 e. The summed E-state index contributed by atoms with van der Waals surface area (Å²) >= 11 is 3.35. The Hall–Kier alpha value is -1.72. The van der Waals surface area contributed by atoms with Crippen LogP contribution in [0, 0.1) is 0 Å². The molecule has 2 rings (SSSR count). The van der Waals surface area contributed by atoms with E-state index in [0.717, 1.165) is 17.1 Å². The van der Waals surface area contributed by atoms with Gasteiger partial charge >= 0.3 is 0 Å². The smallest absolute Gasteiger partial charge is 0.180 e. The molecule has 2 aromatic carbocycles. The lowest BCUT2D eigenvalue weighted by atomic mass is 10.2. The van der Waals surface area contributed by atoms with E-state index in [1.165, 1.54) is 28.6 Å². The quantitative estimate of drug-likeness (QED) is 0.341. The maximum Gasteiger partial charge on any atom is 0.180 e. The summed E-state index contributed by atoms with van der Waals surface area (Å²) in [6.07, 6.45) is 2.91. The highest BCUT2D eigenvalue weighted by atomic mass is 32.2. The van der Waals surface area contributed by atoms with Gasteiger partial charge in [-0.2, -0.15) is 5.10 Å². The summed E-state index contributed by atoms with van der Waals surface area (Å²) in [5.41, 5.74) is 8.11. The molecular formula is C18H21N3S2. The predicted octanol–water partition coefficient (Wildman–Crippen LogP) is 4.77. The Bertz CT molecular complexity index is 637. The number of hydrogen-bond acceptors (Lipinski definition) is 4. The summed E-state index contributed by atoms with van der Waals surface area (Å²) in [5.74, 6) is 1.95. The zero-order valence-electron chi connectivity index (χ0n) is 13.2. The molecule has 0 unspecified atom stereocenters. The van der Waals surface area contributed by atoms with E-state index < -0.39 is 0 Å². The van der Waals surface area contributed by atoms with Gasteiger partial charge in [0, 0.05) is 10.6 Å². The van der Waals surface area contributed by atoms with Gasteiger partial charge in [-0.25, -0.2) is 0 Å². The second-order valence-electron chi connectivity index (χ2n) is 4.87. The summed E-state index contributed by atoms with van der Waals surface area (Å²) in [6.45, 7) is 2.19. The van der Waals surface area contributed by atoms with Gasteiger partial charge in [0.25, 0.3) is 0 Å². The van der Waals surface area contributed by atoms with Crippen LogP contribution >= 0.6 is 23.5 Å². The summed E-state index contributed by atoms with van der Waals surface area (Å²) < 4.78 is 0. The van der Waals surface area contributed by atoms with E-state index >= 15 is 0 Å². The average Bonchev–Trinajstić information content (AvgIpc) is 2.60. The molecule has 0 aliphatic carbocycles. The Morgan fingerprint density at radius 3 is 2.52 bits per heavy atom. The van der Waals surface area contributed by atoms with Crippen molar-refractivity contribution in [1.29, 1.82) is 0 Å². The molecule has 0 amide bonds. The molecule has 3 nitrogen and oxygen atoms in total. The van der Waals surface area contributed by atoms with E-state index in [1.807, 2.05) is 42.1 Å². The van der Waals surface area contributed by atoms with Crippen LogP contribution in [0.15, 0.2) is 69.7 Å². The number of thioether (sulfide) groups is 2. The molecule has 0 aliphatic heterocycles. The Morgan fingerprint density at radius 1 is 1.09 bits per heavy atom. The fraction of sp³-hybridized carbons (Fsp3) is 0.222. The molecular weight excluding hydrogens is 322 g/mol. The maximum absolute atomic E-state index is 5.86. The van der Waals surface area contributed by atoms with Gasteiger partial charge in [0.1, 0.15) is 0 Å². The first-order chi connectivity index (χ1) is 11.3. The van der Waals surface area contributed by atoms with Crippen LogP contribution in [0.1, 0.15) is 24.5 Å². The highest BCUT2D eigenvalue weighted by Crippen LogP contribution is 2.18. The van der Waals surface area contributed by atoms with Crippen molar-refractivity contribution in [2.45, 2.75) is 24.0 Å². The van der Waals surface area contributed by atoms with Crippen molar-refractivity contribution >= 4 is 34.9 Å². The lowest BCUT2D eigenvalue weighted by Crippen LogP contribution is -2.05. The lowest BCUT2D eigenvalue weighted by Gasteiger charge is -2.00. The number of nitrogens with two attached hydrogens (primary N) is 1. The van der Waals surface area contributed by atoms with Gasteiger partial charge in [-0.05, 0) is 35.4 Å². The van der Waals surface area contributed by atoms with Crippen molar-refractivity contribution in [3.63, 3.8) is 0 Å². The Labute approximate surface area is 146 Å². The Kier molecular flexibility index (Phi) is 7.77. The van der Waals surface area contributed by atoms with Gasteiger partial charge in [0.05, 0.1) is 6.21 Å². The first kappa shape index (κ1) is 17.6. The number of rotatable bonds is 7. The van der Waals surface area contributed by atoms with Crippen LogP contribution in [0.25, 0.3) is 0 Å². The number of hydrogen-bond donors (Lipinski definition) is 1. The van der Waals surface area contributed by atoms with E-state index in [2.05, 4.69) is 41.4 Å². The van der Waals surface area contributed by atoms with Crippen LogP contribution in [0.5, 0.6) is 0 Å². The summed E-state index contributed by atoms with van der Waals surface area (Å²) in [7, 11) is 0. The fourth-order valence-electron chi connectivity index (χ4n) is 1.78. The van der Waals surface area contributed by atoms with Crippen LogP contribution in [-0.2, 0) is 5.75 Å². The predicted molar refractivity (Wildman–Crippen MR) is 104 cm³/mol. The monoisotopic (exact) mass is 343 g/mol. The first-order valence-corrected chi connectivity index (χ1v) is 9.51. The maximum atomic E-state index is 5.86. The number of nitrogens with zero attached hydrogens (tertiary/aromatic N) is 2. The Morgan fingerprint density at radius 2 is 1.83 bits per heavy atom. The zero-order chi connectivity index (χ0) is 16.3. The van der Waals surface area contributed by atoms with E-state index in [4.69, 9.17) is 5.73 Å². The van der Waals surface area contributed by atoms with Crippen LogP contribution < -0.4 is 5.73 Å². The molecule has 0 bridgehead atoms. The van der Waals surface area contributed by atoms with Gasteiger partial charge in [-0.3, -0.25) is 0 Å². The highest BCUT2D eigenvalue weighted by Gasteiger charge is 1.96. The van der Waals surface area contributed by atoms with Crippen LogP contribution in [-0.4, -0.2) is 17.1 Å². The standard InChI is InChI=1S/C18H21N3S2/c1-2-12-22-17-10-8-15(9-11-17)13-20-21-18(19)23-14-16-6-4-3-5-7-16/h3-11,13H,2,12,14H2,1H3,(H2,19,21). The van der Waals surface area contributed by atoms with E-state index in [0.29, 0.717) is 5.17 Å². The molecule has 120 valence electrons. The molecule has 0 saturated carbocycles. The second kappa shape index (κ2) is 10.1. The van der Waals surface area contributed by atoms with Gasteiger partial charge in [0.2, 0.25) is 0 Å². The van der Waals surface area contributed by atoms with Gasteiger partial charge < -0.3 is 5.73 Å². The minimum absolute atomic E-state index is 0.472. The second-order valence-corrected chi connectivity index (χ2v) is 7.04. The third kappa shape index (κ3) is 6.93. The molecule has 0 spiro atoms. The van der Waals surface area contributed by atoms with Crippen molar-refractivity contribution in [3.8, 4) is 0 Å². The van der Waals surface area contributed by atoms with Crippen molar-refractivity contribution < 1.29 is 0 Å². The molecule has 2 aromatic rings. The molecule has 0 fully saturated rings. The summed E-state index contributed by atoms with van der Waals surface area (Å²) in [6, 6.07) is 18.5. The zero-order valence-corrected chi connectivity index (χ0v) is 14.8. The third-order valence-corrected chi connectivity index (χ3v) is 5.02. The molecule has 0 radical (unpaired) electrons. The average molecular weight is 344 g/mol. The van der Waals surface area contributed by atoms with E-state index in [1.54, 1.807) is 6.21 Å². The summed E-state index contributed by atoms with van der Waals surface area (Å²) in [4.78, 5) is 1.28. The Balaban J connectivity index is 1.82.